The van der Waals surface area contributed by atoms with Gasteiger partial charge in [0.25, 0.3) is 0 Å². The highest BCUT2D eigenvalue weighted by atomic mass is 16.6. The molecule has 6 heteroatoms. The quantitative estimate of drug-likeness (QED) is 0.540. The molecule has 2 aliphatic rings. The number of hydrogen-bond acceptors (Lipinski definition) is 5. The molecule has 0 bridgehead atoms. The van der Waals surface area contributed by atoms with Crippen LogP contribution in [0.25, 0.3) is 0 Å². The minimum Gasteiger partial charge on any atom is -0.455 e. The van der Waals surface area contributed by atoms with Crippen molar-refractivity contribution in [2.24, 2.45) is 0 Å². The molecule has 3 rings (SSSR count). The Hall–Kier alpha value is -2.34. The zero-order chi connectivity index (χ0) is 21.6. The lowest BCUT2D eigenvalue weighted by molar-refractivity contribution is 0.0138. The molecule has 0 radical (unpaired) electrons. The van der Waals surface area contributed by atoms with Crippen molar-refractivity contribution in [1.29, 1.82) is 0 Å². The second-order valence-electron chi connectivity index (χ2n) is 9.10. The van der Waals surface area contributed by atoms with E-state index in [-0.39, 0.29) is 18.2 Å². The third kappa shape index (κ3) is 6.87. The van der Waals surface area contributed by atoms with Gasteiger partial charge < -0.3 is 14.4 Å². The van der Waals surface area contributed by atoms with Crippen LogP contribution < -0.4 is 0 Å². The zero-order valence-electron chi connectivity index (χ0n) is 18.4. The first-order valence-corrected chi connectivity index (χ1v) is 11.0. The fourth-order valence-electron chi connectivity index (χ4n) is 3.73. The van der Waals surface area contributed by atoms with Crippen LogP contribution >= 0.6 is 0 Å². The Morgan fingerprint density at radius 1 is 1.10 bits per heavy atom. The van der Waals surface area contributed by atoms with Crippen molar-refractivity contribution in [3.8, 4) is 0 Å². The number of rotatable bonds is 4. The molecule has 1 aromatic carbocycles. The number of piperazine rings is 1. The van der Waals surface area contributed by atoms with Crippen molar-refractivity contribution in [2.75, 3.05) is 26.2 Å². The normalized spacial score (nSPS) is 20.5. The standard InChI is InChI=1S/C24H34N2O4/c1-24(2,3)30-23(28)26-15-13-25(14-16-26)18-19-9-8-10-20(17-19)22(27)29-21-11-6-4-5-7-12-21/h6,8-11,17,21H,4-5,7,12-16,18H2,1-3H3. The number of nitrogens with zero attached hydrogens (tertiary/aromatic N) is 2. The summed E-state index contributed by atoms with van der Waals surface area (Å²) in [6.45, 7) is 9.23. The SMILES string of the molecule is CC(C)(C)OC(=O)N1CCN(Cc2cccc(C(=O)OC3C=CCCCC3)c2)CC1. The van der Waals surface area contributed by atoms with Crippen molar-refractivity contribution in [3.05, 3.63) is 47.5 Å². The molecular weight excluding hydrogens is 380 g/mol. The highest BCUT2D eigenvalue weighted by Gasteiger charge is 2.26. The van der Waals surface area contributed by atoms with Gasteiger partial charge in [-0.3, -0.25) is 4.90 Å². The number of carbonyl (C=O) groups excluding carboxylic acids is 2. The summed E-state index contributed by atoms with van der Waals surface area (Å²) in [6, 6.07) is 7.67. The van der Waals surface area contributed by atoms with Crippen LogP contribution in [-0.4, -0.2) is 59.7 Å². The molecular formula is C24H34N2O4. The molecule has 0 N–H and O–H groups in total. The molecule has 1 unspecified atom stereocenters. The molecule has 0 saturated carbocycles. The van der Waals surface area contributed by atoms with E-state index in [0.29, 0.717) is 18.7 Å². The van der Waals surface area contributed by atoms with Crippen LogP contribution in [0.15, 0.2) is 36.4 Å². The molecule has 1 aliphatic carbocycles. The molecule has 1 atom stereocenters. The van der Waals surface area contributed by atoms with E-state index in [0.717, 1.165) is 50.9 Å². The topological polar surface area (TPSA) is 59.1 Å². The fourth-order valence-corrected chi connectivity index (χ4v) is 3.73. The number of benzene rings is 1. The summed E-state index contributed by atoms with van der Waals surface area (Å²) in [4.78, 5) is 28.8. The molecule has 164 valence electrons. The van der Waals surface area contributed by atoms with E-state index in [1.807, 2.05) is 51.1 Å². The molecule has 1 fully saturated rings. The van der Waals surface area contributed by atoms with Crippen LogP contribution in [0.1, 0.15) is 62.4 Å². The molecule has 1 saturated heterocycles. The van der Waals surface area contributed by atoms with Gasteiger partial charge in [0.05, 0.1) is 5.56 Å². The first kappa shape index (κ1) is 22.3. The minimum atomic E-state index is -0.476. The molecule has 0 aromatic heterocycles. The van der Waals surface area contributed by atoms with E-state index < -0.39 is 5.60 Å². The number of allylic oxidation sites excluding steroid dienone is 1. The summed E-state index contributed by atoms with van der Waals surface area (Å²) >= 11 is 0. The van der Waals surface area contributed by atoms with Crippen LogP contribution in [0, 0.1) is 0 Å². The highest BCUT2D eigenvalue weighted by molar-refractivity contribution is 5.89. The summed E-state index contributed by atoms with van der Waals surface area (Å²) in [7, 11) is 0. The lowest BCUT2D eigenvalue weighted by Crippen LogP contribution is -2.49. The van der Waals surface area contributed by atoms with Gasteiger partial charge in [0, 0.05) is 32.7 Å². The molecule has 1 aliphatic heterocycles. The number of esters is 1. The van der Waals surface area contributed by atoms with Crippen molar-refractivity contribution in [3.63, 3.8) is 0 Å². The number of hydrogen-bond donors (Lipinski definition) is 0. The molecule has 1 aromatic rings. The van der Waals surface area contributed by atoms with Crippen molar-refractivity contribution < 1.29 is 19.1 Å². The second-order valence-corrected chi connectivity index (χ2v) is 9.10. The van der Waals surface area contributed by atoms with E-state index in [1.165, 1.54) is 0 Å². The van der Waals surface area contributed by atoms with Gasteiger partial charge in [0.15, 0.2) is 0 Å². The average molecular weight is 415 g/mol. The lowest BCUT2D eigenvalue weighted by Gasteiger charge is -2.35. The lowest BCUT2D eigenvalue weighted by atomic mass is 10.1. The smallest absolute Gasteiger partial charge is 0.410 e. The third-order valence-electron chi connectivity index (χ3n) is 5.31. The number of carbonyl (C=O) groups is 2. The first-order valence-electron chi connectivity index (χ1n) is 11.0. The number of ether oxygens (including phenoxy) is 2. The van der Waals surface area contributed by atoms with Gasteiger partial charge in [-0.05, 0) is 70.2 Å². The molecule has 0 spiro atoms. The Balaban J connectivity index is 1.51. The van der Waals surface area contributed by atoms with Gasteiger partial charge in [-0.1, -0.05) is 18.2 Å². The molecule has 30 heavy (non-hydrogen) atoms. The van der Waals surface area contributed by atoms with E-state index >= 15 is 0 Å². The fraction of sp³-hybridized carbons (Fsp3) is 0.583. The summed E-state index contributed by atoms with van der Waals surface area (Å²) in [5.41, 5.74) is 1.19. The third-order valence-corrected chi connectivity index (χ3v) is 5.31. The molecule has 1 amide bonds. The molecule has 6 nitrogen and oxygen atoms in total. The van der Waals surface area contributed by atoms with Gasteiger partial charge >= 0.3 is 12.1 Å². The van der Waals surface area contributed by atoms with E-state index in [2.05, 4.69) is 11.0 Å². The van der Waals surface area contributed by atoms with Gasteiger partial charge in [-0.25, -0.2) is 9.59 Å². The molecule has 1 heterocycles. The predicted molar refractivity (Wildman–Crippen MR) is 116 cm³/mol. The monoisotopic (exact) mass is 414 g/mol. The van der Waals surface area contributed by atoms with Gasteiger partial charge in [0.2, 0.25) is 0 Å². The maximum atomic E-state index is 12.6. The maximum Gasteiger partial charge on any atom is 0.410 e. The van der Waals surface area contributed by atoms with Crippen LogP contribution in [-0.2, 0) is 16.0 Å². The largest absolute Gasteiger partial charge is 0.455 e. The average Bonchev–Trinajstić information content (AvgIpc) is 2.96. The van der Waals surface area contributed by atoms with Crippen molar-refractivity contribution in [1.82, 2.24) is 9.80 Å². The summed E-state index contributed by atoms with van der Waals surface area (Å²) in [6.07, 6.45) is 7.94. The van der Waals surface area contributed by atoms with E-state index in [9.17, 15) is 9.59 Å². The van der Waals surface area contributed by atoms with E-state index in [1.54, 1.807) is 4.90 Å². The summed E-state index contributed by atoms with van der Waals surface area (Å²) in [5.74, 6) is -0.261. The predicted octanol–water partition coefficient (Wildman–Crippen LogP) is 4.39. The Bertz CT molecular complexity index is 761. The maximum absolute atomic E-state index is 12.6. The highest BCUT2D eigenvalue weighted by Crippen LogP contribution is 2.18. The van der Waals surface area contributed by atoms with Crippen molar-refractivity contribution in [2.45, 2.75) is 64.7 Å². The van der Waals surface area contributed by atoms with Crippen LogP contribution in [0.5, 0.6) is 0 Å². The Morgan fingerprint density at radius 3 is 2.60 bits per heavy atom. The second kappa shape index (κ2) is 10.1. The Morgan fingerprint density at radius 2 is 1.87 bits per heavy atom. The minimum absolute atomic E-state index is 0.121. The first-order chi connectivity index (χ1) is 14.3. The van der Waals surface area contributed by atoms with Gasteiger partial charge in [0.1, 0.15) is 11.7 Å². The summed E-state index contributed by atoms with van der Waals surface area (Å²) in [5, 5.41) is 0. The zero-order valence-corrected chi connectivity index (χ0v) is 18.4. The van der Waals surface area contributed by atoms with Crippen LogP contribution in [0.2, 0.25) is 0 Å². The van der Waals surface area contributed by atoms with Crippen molar-refractivity contribution >= 4 is 12.1 Å². The summed E-state index contributed by atoms with van der Waals surface area (Å²) < 4.78 is 11.1. The Kier molecular flexibility index (Phi) is 7.53. The van der Waals surface area contributed by atoms with Gasteiger partial charge in [-0.15, -0.1) is 0 Å². The van der Waals surface area contributed by atoms with Gasteiger partial charge in [-0.2, -0.15) is 0 Å². The Labute approximate surface area is 179 Å². The van der Waals surface area contributed by atoms with E-state index in [4.69, 9.17) is 9.47 Å². The number of amides is 1. The van der Waals surface area contributed by atoms with Crippen LogP contribution in [0.4, 0.5) is 4.79 Å². The van der Waals surface area contributed by atoms with Crippen LogP contribution in [0.3, 0.4) is 0 Å².